The van der Waals surface area contributed by atoms with Crippen LogP contribution in [-0.2, 0) is 11.2 Å². The quantitative estimate of drug-likeness (QED) is 0.634. The lowest BCUT2D eigenvalue weighted by atomic mass is 10.1. The number of carbonyl (C=O) groups is 1. The first kappa shape index (κ1) is 8.35. The van der Waals surface area contributed by atoms with Crippen molar-refractivity contribution in [2.75, 3.05) is 0 Å². The molecule has 1 amide bonds. The van der Waals surface area contributed by atoms with E-state index in [2.05, 4.69) is 5.92 Å². The third-order valence-corrected chi connectivity index (χ3v) is 1.50. The minimum atomic E-state index is -0.330. The van der Waals surface area contributed by atoms with Gasteiger partial charge in [-0.3, -0.25) is 4.79 Å². The number of rotatable bonds is 2. The Morgan fingerprint density at radius 1 is 1.42 bits per heavy atom. The SMILES string of the molecule is C#Cc1ccc(CC(N)=O)cc1. The molecule has 1 aromatic rings. The molecule has 0 heterocycles. The molecule has 0 saturated heterocycles. The van der Waals surface area contributed by atoms with Crippen LogP contribution in [0.4, 0.5) is 0 Å². The number of carbonyl (C=O) groups excluding carboxylic acids is 1. The third-order valence-electron chi connectivity index (χ3n) is 1.50. The standard InChI is InChI=1S/C10H9NO/c1-2-8-3-5-9(6-4-8)7-10(11)12/h1,3-6H,7H2,(H2,11,12). The fraction of sp³-hybridized carbons (Fsp3) is 0.100. The van der Waals surface area contributed by atoms with E-state index in [0.29, 0.717) is 0 Å². The Hall–Kier alpha value is -1.75. The van der Waals surface area contributed by atoms with Gasteiger partial charge in [0.2, 0.25) is 5.91 Å². The summed E-state index contributed by atoms with van der Waals surface area (Å²) in [5, 5.41) is 0. The van der Waals surface area contributed by atoms with Gasteiger partial charge in [0, 0.05) is 5.56 Å². The summed E-state index contributed by atoms with van der Waals surface area (Å²) in [4.78, 5) is 10.5. The van der Waals surface area contributed by atoms with E-state index in [-0.39, 0.29) is 12.3 Å². The fourth-order valence-corrected chi connectivity index (χ4v) is 0.920. The molecule has 1 rings (SSSR count). The third kappa shape index (κ3) is 2.14. The molecule has 0 bridgehead atoms. The highest BCUT2D eigenvalue weighted by Crippen LogP contribution is 2.03. The van der Waals surface area contributed by atoms with Crippen LogP contribution in [0.2, 0.25) is 0 Å². The predicted octanol–water partition coefficient (Wildman–Crippen LogP) is 0.696. The highest BCUT2D eigenvalue weighted by molar-refractivity contribution is 5.76. The number of hydrogen-bond acceptors (Lipinski definition) is 1. The van der Waals surface area contributed by atoms with Crippen molar-refractivity contribution in [1.29, 1.82) is 0 Å². The van der Waals surface area contributed by atoms with E-state index in [0.717, 1.165) is 11.1 Å². The fourth-order valence-electron chi connectivity index (χ4n) is 0.920. The number of benzene rings is 1. The van der Waals surface area contributed by atoms with Crippen LogP contribution in [0.15, 0.2) is 24.3 Å². The Kier molecular flexibility index (Phi) is 2.49. The van der Waals surface area contributed by atoms with Gasteiger partial charge in [-0.2, -0.15) is 0 Å². The highest BCUT2D eigenvalue weighted by atomic mass is 16.1. The zero-order valence-electron chi connectivity index (χ0n) is 6.58. The Bertz CT molecular complexity index is 319. The molecule has 0 saturated carbocycles. The van der Waals surface area contributed by atoms with Crippen LogP contribution in [0.25, 0.3) is 0 Å². The van der Waals surface area contributed by atoms with E-state index in [1.165, 1.54) is 0 Å². The zero-order valence-corrected chi connectivity index (χ0v) is 6.58. The first-order valence-corrected chi connectivity index (χ1v) is 3.56. The molecule has 0 aliphatic carbocycles. The number of nitrogens with two attached hydrogens (primary N) is 1. The van der Waals surface area contributed by atoms with Gasteiger partial charge in [-0.25, -0.2) is 0 Å². The van der Waals surface area contributed by atoms with Gasteiger partial charge >= 0.3 is 0 Å². The second-order valence-corrected chi connectivity index (χ2v) is 2.48. The van der Waals surface area contributed by atoms with Crippen LogP contribution in [0.3, 0.4) is 0 Å². The van der Waals surface area contributed by atoms with Gasteiger partial charge in [-0.1, -0.05) is 18.1 Å². The summed E-state index contributed by atoms with van der Waals surface area (Å²) in [5.74, 6) is 2.16. The smallest absolute Gasteiger partial charge is 0.221 e. The van der Waals surface area contributed by atoms with Crippen molar-refractivity contribution < 1.29 is 4.79 Å². The van der Waals surface area contributed by atoms with Crippen LogP contribution in [0.1, 0.15) is 11.1 Å². The second-order valence-electron chi connectivity index (χ2n) is 2.48. The maximum Gasteiger partial charge on any atom is 0.221 e. The molecular weight excluding hydrogens is 150 g/mol. The van der Waals surface area contributed by atoms with Crippen molar-refractivity contribution in [1.82, 2.24) is 0 Å². The Morgan fingerprint density at radius 2 is 2.00 bits per heavy atom. The molecule has 2 heteroatoms. The molecule has 0 aliphatic heterocycles. The van der Waals surface area contributed by atoms with Gasteiger partial charge in [0.15, 0.2) is 0 Å². The molecule has 1 aromatic carbocycles. The molecular formula is C10H9NO. The maximum atomic E-state index is 10.5. The monoisotopic (exact) mass is 159 g/mol. The van der Waals surface area contributed by atoms with E-state index in [4.69, 9.17) is 12.2 Å². The molecule has 0 spiro atoms. The summed E-state index contributed by atoms with van der Waals surface area (Å²) in [6.07, 6.45) is 5.43. The van der Waals surface area contributed by atoms with Crippen molar-refractivity contribution >= 4 is 5.91 Å². The largest absolute Gasteiger partial charge is 0.369 e. The molecule has 60 valence electrons. The first-order valence-electron chi connectivity index (χ1n) is 3.56. The van der Waals surface area contributed by atoms with Gasteiger partial charge < -0.3 is 5.73 Å². The molecule has 0 aromatic heterocycles. The normalized spacial score (nSPS) is 8.92. The highest BCUT2D eigenvalue weighted by Gasteiger charge is 1.96. The second kappa shape index (κ2) is 3.59. The molecule has 12 heavy (non-hydrogen) atoms. The summed E-state index contributed by atoms with van der Waals surface area (Å²) >= 11 is 0. The predicted molar refractivity (Wildman–Crippen MR) is 47.3 cm³/mol. The number of terminal acetylenes is 1. The molecule has 0 unspecified atom stereocenters. The van der Waals surface area contributed by atoms with Crippen LogP contribution >= 0.6 is 0 Å². The van der Waals surface area contributed by atoms with Crippen molar-refractivity contribution in [3.63, 3.8) is 0 Å². The minimum absolute atomic E-state index is 0.269. The summed E-state index contributed by atoms with van der Waals surface area (Å²) in [6, 6.07) is 7.19. The molecule has 0 aliphatic rings. The van der Waals surface area contributed by atoms with Gasteiger partial charge in [-0.15, -0.1) is 6.42 Å². The van der Waals surface area contributed by atoms with E-state index in [9.17, 15) is 4.79 Å². The van der Waals surface area contributed by atoms with Gasteiger partial charge in [0.25, 0.3) is 0 Å². The first-order chi connectivity index (χ1) is 5.72. The molecule has 0 atom stereocenters. The van der Waals surface area contributed by atoms with Gasteiger partial charge in [0.1, 0.15) is 0 Å². The average Bonchev–Trinajstić information content (AvgIpc) is 2.05. The summed E-state index contributed by atoms with van der Waals surface area (Å²) in [5.41, 5.74) is 6.71. The van der Waals surface area contributed by atoms with Crippen LogP contribution in [-0.4, -0.2) is 5.91 Å². The number of primary amides is 1. The molecule has 2 nitrogen and oxygen atoms in total. The lowest BCUT2D eigenvalue weighted by Gasteiger charge is -1.96. The molecule has 0 radical (unpaired) electrons. The van der Waals surface area contributed by atoms with Crippen molar-refractivity contribution in [3.05, 3.63) is 35.4 Å². The van der Waals surface area contributed by atoms with E-state index >= 15 is 0 Å². The lowest BCUT2D eigenvalue weighted by Crippen LogP contribution is -2.13. The average molecular weight is 159 g/mol. The lowest BCUT2D eigenvalue weighted by molar-refractivity contribution is -0.117. The Labute approximate surface area is 71.4 Å². The number of amides is 1. The summed E-state index contributed by atoms with van der Waals surface area (Å²) in [7, 11) is 0. The van der Waals surface area contributed by atoms with Crippen molar-refractivity contribution in [2.24, 2.45) is 5.73 Å². The van der Waals surface area contributed by atoms with E-state index < -0.39 is 0 Å². The maximum absolute atomic E-state index is 10.5. The van der Waals surface area contributed by atoms with Crippen molar-refractivity contribution in [2.45, 2.75) is 6.42 Å². The van der Waals surface area contributed by atoms with Crippen LogP contribution in [0, 0.1) is 12.3 Å². The zero-order chi connectivity index (χ0) is 8.97. The summed E-state index contributed by atoms with van der Waals surface area (Å²) in [6.45, 7) is 0. The van der Waals surface area contributed by atoms with Crippen LogP contribution in [0.5, 0.6) is 0 Å². The minimum Gasteiger partial charge on any atom is -0.369 e. The van der Waals surface area contributed by atoms with Crippen molar-refractivity contribution in [3.8, 4) is 12.3 Å². The molecule has 2 N–H and O–H groups in total. The summed E-state index contributed by atoms with van der Waals surface area (Å²) < 4.78 is 0. The van der Waals surface area contributed by atoms with E-state index in [1.54, 1.807) is 24.3 Å². The Balaban J connectivity index is 2.80. The number of hydrogen-bond donors (Lipinski definition) is 1. The Morgan fingerprint density at radius 3 is 2.42 bits per heavy atom. The van der Waals surface area contributed by atoms with Crippen LogP contribution < -0.4 is 5.73 Å². The van der Waals surface area contributed by atoms with Gasteiger partial charge in [-0.05, 0) is 17.7 Å². The van der Waals surface area contributed by atoms with E-state index in [1.807, 2.05) is 0 Å². The van der Waals surface area contributed by atoms with Gasteiger partial charge in [0.05, 0.1) is 6.42 Å². The molecule has 0 fully saturated rings. The topological polar surface area (TPSA) is 43.1 Å².